The molecule has 6 heteroatoms. The van der Waals surface area contributed by atoms with E-state index in [2.05, 4.69) is 34.6 Å². The summed E-state index contributed by atoms with van der Waals surface area (Å²) in [5.41, 5.74) is 0. The van der Waals surface area contributed by atoms with Crippen LogP contribution in [0, 0.1) is 11.8 Å². The van der Waals surface area contributed by atoms with E-state index in [1.165, 1.54) is 205 Å². The third kappa shape index (κ3) is 49.7. The maximum absolute atomic E-state index is 12.8. The van der Waals surface area contributed by atoms with E-state index >= 15 is 0 Å². The summed E-state index contributed by atoms with van der Waals surface area (Å²) >= 11 is 0. The predicted molar refractivity (Wildman–Crippen MR) is 270 cm³/mol. The van der Waals surface area contributed by atoms with Crippen molar-refractivity contribution in [3.05, 3.63) is 0 Å². The van der Waals surface area contributed by atoms with Crippen LogP contribution >= 0.6 is 0 Å². The maximum Gasteiger partial charge on any atom is 0.306 e. The Morgan fingerprint density at radius 2 is 0.603 bits per heavy atom. The number of unbranched alkanes of at least 4 members (excludes halogenated alkanes) is 35. The first-order chi connectivity index (χ1) is 30.8. The molecule has 0 rings (SSSR count). The average molecular weight is 892 g/mol. The van der Waals surface area contributed by atoms with Gasteiger partial charge in [0.25, 0.3) is 0 Å². The van der Waals surface area contributed by atoms with Gasteiger partial charge in [0, 0.05) is 19.3 Å². The van der Waals surface area contributed by atoms with E-state index in [9.17, 15) is 14.4 Å². The summed E-state index contributed by atoms with van der Waals surface area (Å²) in [6.45, 7) is 11.4. The minimum absolute atomic E-state index is 0.0630. The van der Waals surface area contributed by atoms with Crippen LogP contribution in [0.3, 0.4) is 0 Å². The van der Waals surface area contributed by atoms with Gasteiger partial charge in [-0.2, -0.15) is 0 Å². The van der Waals surface area contributed by atoms with Crippen molar-refractivity contribution in [3.63, 3.8) is 0 Å². The number of ether oxygens (including phenoxy) is 3. The van der Waals surface area contributed by atoms with Crippen molar-refractivity contribution in [2.24, 2.45) is 11.8 Å². The molecular formula is C57H110O6. The lowest BCUT2D eigenvalue weighted by molar-refractivity contribution is -0.167. The van der Waals surface area contributed by atoms with Crippen LogP contribution in [-0.4, -0.2) is 37.2 Å². The second-order valence-corrected chi connectivity index (χ2v) is 20.3. The number of carbonyl (C=O) groups excluding carboxylic acids is 3. The Bertz CT molecular complexity index is 964. The summed E-state index contributed by atoms with van der Waals surface area (Å²) < 4.78 is 16.9. The molecule has 0 saturated carbocycles. The van der Waals surface area contributed by atoms with Crippen molar-refractivity contribution in [1.82, 2.24) is 0 Å². The lowest BCUT2D eigenvalue weighted by atomic mass is 9.99. The standard InChI is InChI=1S/C57H110O6/c1-6-8-9-10-11-12-13-14-15-19-22-27-32-37-42-47-55(58)61-50-54(51-62-56(59)48-43-38-33-29-24-25-30-35-40-45-52(3)4)63-57(60)49-44-39-34-28-23-20-17-16-18-21-26-31-36-41-46-53(5)7-2/h52-54H,6-51H2,1-5H3/t53?,54-/m1/s1. The predicted octanol–water partition coefficient (Wildman–Crippen LogP) is 18.5. The largest absolute Gasteiger partial charge is 0.462 e. The molecule has 2 atom stereocenters. The zero-order valence-corrected chi connectivity index (χ0v) is 43.2. The van der Waals surface area contributed by atoms with Gasteiger partial charge in [-0.25, -0.2) is 0 Å². The molecule has 0 N–H and O–H groups in total. The molecule has 0 aromatic carbocycles. The van der Waals surface area contributed by atoms with Crippen LogP contribution in [-0.2, 0) is 28.6 Å². The molecule has 0 fully saturated rings. The van der Waals surface area contributed by atoms with Crippen LogP contribution in [0.15, 0.2) is 0 Å². The first kappa shape index (κ1) is 61.4. The van der Waals surface area contributed by atoms with Gasteiger partial charge in [-0.05, 0) is 31.1 Å². The normalized spacial score (nSPS) is 12.5. The van der Waals surface area contributed by atoms with Gasteiger partial charge < -0.3 is 14.2 Å². The molecule has 6 nitrogen and oxygen atoms in total. The second-order valence-electron chi connectivity index (χ2n) is 20.3. The van der Waals surface area contributed by atoms with E-state index in [-0.39, 0.29) is 31.1 Å². The Morgan fingerprint density at radius 3 is 0.905 bits per heavy atom. The van der Waals surface area contributed by atoms with Gasteiger partial charge in [-0.1, -0.05) is 279 Å². The van der Waals surface area contributed by atoms with Crippen molar-refractivity contribution in [2.75, 3.05) is 13.2 Å². The molecule has 0 radical (unpaired) electrons. The van der Waals surface area contributed by atoms with E-state index < -0.39 is 6.10 Å². The molecule has 0 aliphatic heterocycles. The molecular weight excluding hydrogens is 781 g/mol. The highest BCUT2D eigenvalue weighted by Crippen LogP contribution is 2.18. The van der Waals surface area contributed by atoms with Crippen molar-refractivity contribution >= 4 is 17.9 Å². The second kappa shape index (κ2) is 49.8. The first-order valence-corrected chi connectivity index (χ1v) is 28.3. The van der Waals surface area contributed by atoms with Crippen LogP contribution < -0.4 is 0 Å². The summed E-state index contributed by atoms with van der Waals surface area (Å²) in [6.07, 6.45) is 52.3. The molecule has 0 bridgehead atoms. The zero-order chi connectivity index (χ0) is 46.1. The van der Waals surface area contributed by atoms with Gasteiger partial charge >= 0.3 is 17.9 Å². The minimum atomic E-state index is -0.762. The average Bonchev–Trinajstić information content (AvgIpc) is 3.27. The van der Waals surface area contributed by atoms with Crippen LogP contribution in [0.25, 0.3) is 0 Å². The van der Waals surface area contributed by atoms with Gasteiger partial charge in [0.2, 0.25) is 0 Å². The smallest absolute Gasteiger partial charge is 0.306 e. The lowest BCUT2D eigenvalue weighted by Crippen LogP contribution is -2.30. The van der Waals surface area contributed by atoms with Crippen molar-refractivity contribution < 1.29 is 28.6 Å². The summed E-state index contributed by atoms with van der Waals surface area (Å²) in [7, 11) is 0. The Morgan fingerprint density at radius 1 is 0.333 bits per heavy atom. The molecule has 0 aliphatic carbocycles. The van der Waals surface area contributed by atoms with E-state index in [1.54, 1.807) is 0 Å². The highest BCUT2D eigenvalue weighted by atomic mass is 16.6. The third-order valence-corrected chi connectivity index (χ3v) is 13.3. The molecule has 1 unspecified atom stereocenters. The molecule has 0 saturated heterocycles. The Hall–Kier alpha value is -1.59. The minimum Gasteiger partial charge on any atom is -0.462 e. The molecule has 0 amide bonds. The number of carbonyl (C=O) groups is 3. The number of esters is 3. The third-order valence-electron chi connectivity index (χ3n) is 13.3. The van der Waals surface area contributed by atoms with E-state index in [1.807, 2.05) is 0 Å². The van der Waals surface area contributed by atoms with E-state index in [0.717, 1.165) is 69.6 Å². The monoisotopic (exact) mass is 891 g/mol. The fourth-order valence-electron chi connectivity index (χ4n) is 8.66. The van der Waals surface area contributed by atoms with Crippen LogP contribution in [0.4, 0.5) is 0 Å². The van der Waals surface area contributed by atoms with Crippen LogP contribution in [0.2, 0.25) is 0 Å². The Kier molecular flexibility index (Phi) is 48.6. The highest BCUT2D eigenvalue weighted by Gasteiger charge is 2.19. The van der Waals surface area contributed by atoms with Gasteiger partial charge in [0.05, 0.1) is 0 Å². The van der Waals surface area contributed by atoms with E-state index in [0.29, 0.717) is 19.3 Å². The number of rotatable bonds is 51. The molecule has 0 aromatic rings. The van der Waals surface area contributed by atoms with Crippen LogP contribution in [0.1, 0.15) is 317 Å². The molecule has 63 heavy (non-hydrogen) atoms. The first-order valence-electron chi connectivity index (χ1n) is 28.3. The number of hydrogen-bond donors (Lipinski definition) is 0. The van der Waals surface area contributed by atoms with E-state index in [4.69, 9.17) is 14.2 Å². The van der Waals surface area contributed by atoms with Crippen LogP contribution in [0.5, 0.6) is 0 Å². The highest BCUT2D eigenvalue weighted by molar-refractivity contribution is 5.71. The topological polar surface area (TPSA) is 78.9 Å². The Labute approximate surface area is 393 Å². The van der Waals surface area contributed by atoms with Crippen molar-refractivity contribution in [2.45, 2.75) is 323 Å². The molecule has 0 heterocycles. The van der Waals surface area contributed by atoms with Gasteiger partial charge in [-0.3, -0.25) is 14.4 Å². The van der Waals surface area contributed by atoms with Gasteiger partial charge in [-0.15, -0.1) is 0 Å². The molecule has 0 spiro atoms. The quantitative estimate of drug-likeness (QED) is 0.0344. The van der Waals surface area contributed by atoms with Crippen molar-refractivity contribution in [1.29, 1.82) is 0 Å². The molecule has 0 aliphatic rings. The van der Waals surface area contributed by atoms with Crippen molar-refractivity contribution in [3.8, 4) is 0 Å². The SMILES string of the molecule is CCCCCCCCCCCCCCCCCC(=O)OC[C@H](COC(=O)CCCCCCCCCCCC(C)C)OC(=O)CCCCCCCCCCCCCCCCC(C)CC. The Balaban J connectivity index is 4.29. The molecule has 0 aromatic heterocycles. The maximum atomic E-state index is 12.8. The fourth-order valence-corrected chi connectivity index (χ4v) is 8.66. The van der Waals surface area contributed by atoms with Gasteiger partial charge in [0.1, 0.15) is 13.2 Å². The number of hydrogen-bond acceptors (Lipinski definition) is 6. The summed E-state index contributed by atoms with van der Waals surface area (Å²) in [5, 5.41) is 0. The van der Waals surface area contributed by atoms with Gasteiger partial charge in [0.15, 0.2) is 6.10 Å². The molecule has 374 valence electrons. The summed E-state index contributed by atoms with van der Waals surface area (Å²) in [5.74, 6) is 0.861. The summed E-state index contributed by atoms with van der Waals surface area (Å²) in [6, 6.07) is 0. The fraction of sp³-hybridized carbons (Fsp3) is 0.947. The zero-order valence-electron chi connectivity index (χ0n) is 43.2. The lowest BCUT2D eigenvalue weighted by Gasteiger charge is -2.18. The summed E-state index contributed by atoms with van der Waals surface area (Å²) in [4.78, 5) is 38.1.